The fraction of sp³-hybridized carbons (Fsp3) is 0.333. The van der Waals surface area contributed by atoms with E-state index in [0.29, 0.717) is 18.0 Å². The standard InChI is InChI=1S/C18H19F2N3O/c19-17(20)13-3-1-11(2-4-13)10-22-18(24)15-8-7-14(9-21)23-16(15)12-5-6-12/h1-4,7-8,12,17H,5-6,9-10,21H2,(H,22,24). The summed E-state index contributed by atoms with van der Waals surface area (Å²) in [6, 6.07) is 9.47. The number of pyridine rings is 1. The fourth-order valence-electron chi connectivity index (χ4n) is 2.55. The molecule has 0 radical (unpaired) electrons. The van der Waals surface area contributed by atoms with Gasteiger partial charge < -0.3 is 11.1 Å². The SMILES string of the molecule is NCc1ccc(C(=O)NCc2ccc(C(F)F)cc2)c(C2CC2)n1. The van der Waals surface area contributed by atoms with Gasteiger partial charge in [0.15, 0.2) is 0 Å². The van der Waals surface area contributed by atoms with E-state index >= 15 is 0 Å². The Morgan fingerprint density at radius 2 is 1.92 bits per heavy atom. The Labute approximate surface area is 139 Å². The Hall–Kier alpha value is -2.34. The zero-order valence-electron chi connectivity index (χ0n) is 13.1. The minimum absolute atomic E-state index is 0.0253. The first-order chi connectivity index (χ1) is 11.6. The number of nitrogens with one attached hydrogen (secondary N) is 1. The molecule has 0 spiro atoms. The molecular weight excluding hydrogens is 312 g/mol. The number of halogens is 2. The van der Waals surface area contributed by atoms with Crippen LogP contribution in [0.25, 0.3) is 0 Å². The summed E-state index contributed by atoms with van der Waals surface area (Å²) in [5, 5.41) is 2.83. The molecule has 3 rings (SSSR count). The van der Waals surface area contributed by atoms with Crippen LogP contribution in [0, 0.1) is 0 Å². The quantitative estimate of drug-likeness (QED) is 0.853. The molecule has 0 saturated heterocycles. The number of benzene rings is 1. The van der Waals surface area contributed by atoms with Crippen LogP contribution in [-0.4, -0.2) is 10.9 Å². The van der Waals surface area contributed by atoms with E-state index in [1.807, 2.05) is 0 Å². The second-order valence-electron chi connectivity index (χ2n) is 5.94. The number of aromatic nitrogens is 1. The summed E-state index contributed by atoms with van der Waals surface area (Å²) in [7, 11) is 0. The van der Waals surface area contributed by atoms with E-state index in [1.54, 1.807) is 24.3 Å². The zero-order valence-corrected chi connectivity index (χ0v) is 13.1. The Morgan fingerprint density at radius 1 is 1.21 bits per heavy atom. The highest BCUT2D eigenvalue weighted by atomic mass is 19.3. The van der Waals surface area contributed by atoms with Crippen molar-refractivity contribution in [3.8, 4) is 0 Å². The molecule has 1 aromatic carbocycles. The topological polar surface area (TPSA) is 68.0 Å². The number of carbonyl (C=O) groups is 1. The molecule has 0 bridgehead atoms. The summed E-state index contributed by atoms with van der Waals surface area (Å²) < 4.78 is 25.1. The maximum Gasteiger partial charge on any atom is 0.263 e. The van der Waals surface area contributed by atoms with Gasteiger partial charge in [-0.15, -0.1) is 0 Å². The lowest BCUT2D eigenvalue weighted by atomic mass is 10.1. The van der Waals surface area contributed by atoms with E-state index in [1.165, 1.54) is 12.1 Å². The molecule has 24 heavy (non-hydrogen) atoms. The van der Waals surface area contributed by atoms with E-state index in [2.05, 4.69) is 10.3 Å². The summed E-state index contributed by atoms with van der Waals surface area (Å²) in [5.41, 5.74) is 8.51. The molecule has 0 unspecified atom stereocenters. The lowest BCUT2D eigenvalue weighted by Crippen LogP contribution is -2.24. The summed E-state index contributed by atoms with van der Waals surface area (Å²) in [6.45, 7) is 0.628. The summed E-state index contributed by atoms with van der Waals surface area (Å²) in [5.74, 6) is 0.133. The molecule has 1 aliphatic rings. The van der Waals surface area contributed by atoms with Crippen LogP contribution >= 0.6 is 0 Å². The predicted molar refractivity (Wildman–Crippen MR) is 86.7 cm³/mol. The van der Waals surface area contributed by atoms with Crippen LogP contribution in [0.15, 0.2) is 36.4 Å². The third-order valence-electron chi connectivity index (χ3n) is 4.08. The highest BCUT2D eigenvalue weighted by Crippen LogP contribution is 2.40. The van der Waals surface area contributed by atoms with Crippen molar-refractivity contribution in [3.05, 3.63) is 64.5 Å². The molecule has 1 fully saturated rings. The van der Waals surface area contributed by atoms with Crippen LogP contribution in [0.2, 0.25) is 0 Å². The van der Waals surface area contributed by atoms with Crippen LogP contribution in [0.3, 0.4) is 0 Å². The van der Waals surface area contributed by atoms with Gasteiger partial charge >= 0.3 is 0 Å². The summed E-state index contributed by atoms with van der Waals surface area (Å²) >= 11 is 0. The summed E-state index contributed by atoms with van der Waals surface area (Å²) in [6.07, 6.45) is -0.408. The molecule has 1 aliphatic carbocycles. The molecule has 1 heterocycles. The van der Waals surface area contributed by atoms with Crippen molar-refractivity contribution in [2.75, 3.05) is 0 Å². The lowest BCUT2D eigenvalue weighted by Gasteiger charge is -2.11. The van der Waals surface area contributed by atoms with Gasteiger partial charge in [-0.2, -0.15) is 0 Å². The second kappa shape index (κ2) is 7.05. The van der Waals surface area contributed by atoms with Gasteiger partial charge in [-0.3, -0.25) is 9.78 Å². The molecule has 0 atom stereocenters. The van der Waals surface area contributed by atoms with Crippen molar-refractivity contribution in [1.29, 1.82) is 0 Å². The van der Waals surface area contributed by atoms with Crippen LogP contribution in [0.4, 0.5) is 8.78 Å². The van der Waals surface area contributed by atoms with E-state index in [4.69, 9.17) is 5.73 Å². The van der Waals surface area contributed by atoms with E-state index in [0.717, 1.165) is 29.8 Å². The normalized spacial score (nSPS) is 14.0. The number of nitrogens with zero attached hydrogens (tertiary/aromatic N) is 1. The van der Waals surface area contributed by atoms with E-state index in [9.17, 15) is 13.6 Å². The molecule has 6 heteroatoms. The smallest absolute Gasteiger partial charge is 0.263 e. The molecule has 1 amide bonds. The molecular formula is C18H19F2N3O. The Morgan fingerprint density at radius 3 is 2.50 bits per heavy atom. The largest absolute Gasteiger partial charge is 0.348 e. The molecule has 1 saturated carbocycles. The minimum atomic E-state index is -2.48. The van der Waals surface area contributed by atoms with Crippen molar-refractivity contribution >= 4 is 5.91 Å². The average Bonchev–Trinajstić information content (AvgIpc) is 3.44. The fourth-order valence-corrected chi connectivity index (χ4v) is 2.55. The van der Waals surface area contributed by atoms with Crippen molar-refractivity contribution < 1.29 is 13.6 Å². The van der Waals surface area contributed by atoms with Crippen molar-refractivity contribution in [1.82, 2.24) is 10.3 Å². The maximum atomic E-state index is 12.5. The molecule has 1 aromatic heterocycles. The van der Waals surface area contributed by atoms with Crippen molar-refractivity contribution in [2.45, 2.75) is 38.3 Å². The lowest BCUT2D eigenvalue weighted by molar-refractivity contribution is 0.0949. The third kappa shape index (κ3) is 3.76. The van der Waals surface area contributed by atoms with Crippen LogP contribution < -0.4 is 11.1 Å². The van der Waals surface area contributed by atoms with Gasteiger partial charge in [-0.25, -0.2) is 8.78 Å². The van der Waals surface area contributed by atoms with Gasteiger partial charge in [0.25, 0.3) is 12.3 Å². The van der Waals surface area contributed by atoms with Crippen LogP contribution in [0.1, 0.15) is 58.1 Å². The number of hydrogen-bond donors (Lipinski definition) is 2. The first-order valence-corrected chi connectivity index (χ1v) is 7.93. The Bertz CT molecular complexity index is 728. The van der Waals surface area contributed by atoms with E-state index in [-0.39, 0.29) is 18.0 Å². The third-order valence-corrected chi connectivity index (χ3v) is 4.08. The first-order valence-electron chi connectivity index (χ1n) is 7.93. The predicted octanol–water partition coefficient (Wildman–Crippen LogP) is 3.29. The van der Waals surface area contributed by atoms with E-state index < -0.39 is 6.43 Å². The minimum Gasteiger partial charge on any atom is -0.348 e. The van der Waals surface area contributed by atoms with Gasteiger partial charge in [0, 0.05) is 24.6 Å². The monoisotopic (exact) mass is 331 g/mol. The molecule has 2 aromatic rings. The first kappa shape index (κ1) is 16.5. The van der Waals surface area contributed by atoms with Gasteiger partial charge in [0.2, 0.25) is 0 Å². The second-order valence-corrected chi connectivity index (χ2v) is 5.94. The number of amides is 1. The Balaban J connectivity index is 1.68. The molecule has 4 nitrogen and oxygen atoms in total. The van der Waals surface area contributed by atoms with Crippen molar-refractivity contribution in [2.24, 2.45) is 5.73 Å². The van der Waals surface area contributed by atoms with Crippen molar-refractivity contribution in [3.63, 3.8) is 0 Å². The highest BCUT2D eigenvalue weighted by Gasteiger charge is 2.29. The molecule has 0 aliphatic heterocycles. The van der Waals surface area contributed by atoms with Crippen LogP contribution in [-0.2, 0) is 13.1 Å². The number of nitrogens with two attached hydrogens (primary N) is 1. The maximum absolute atomic E-state index is 12.5. The number of rotatable bonds is 6. The summed E-state index contributed by atoms with van der Waals surface area (Å²) in [4.78, 5) is 16.9. The Kier molecular flexibility index (Phi) is 4.85. The molecule has 126 valence electrons. The number of alkyl halides is 2. The van der Waals surface area contributed by atoms with Gasteiger partial charge in [-0.05, 0) is 30.5 Å². The molecule has 3 N–H and O–H groups in total. The number of carbonyl (C=O) groups excluding carboxylic acids is 1. The van der Waals surface area contributed by atoms with Crippen LogP contribution in [0.5, 0.6) is 0 Å². The zero-order chi connectivity index (χ0) is 17.1. The van der Waals surface area contributed by atoms with Gasteiger partial charge in [0.1, 0.15) is 0 Å². The van der Waals surface area contributed by atoms with Gasteiger partial charge in [0.05, 0.1) is 17.0 Å². The van der Waals surface area contributed by atoms with Gasteiger partial charge in [-0.1, -0.05) is 24.3 Å². The highest BCUT2D eigenvalue weighted by molar-refractivity contribution is 5.95. The average molecular weight is 331 g/mol. The number of hydrogen-bond acceptors (Lipinski definition) is 3.